The van der Waals surface area contributed by atoms with Crippen LogP contribution in [-0.4, -0.2) is 36.2 Å². The molecule has 7 heteroatoms. The van der Waals surface area contributed by atoms with Gasteiger partial charge in [0.15, 0.2) is 6.61 Å². The number of hydrogen-bond acceptors (Lipinski definition) is 5. The summed E-state index contributed by atoms with van der Waals surface area (Å²) in [5, 5.41) is 5.53. The third-order valence-electron chi connectivity index (χ3n) is 4.56. The van der Waals surface area contributed by atoms with E-state index >= 15 is 0 Å². The van der Waals surface area contributed by atoms with Crippen LogP contribution in [0.3, 0.4) is 0 Å². The fourth-order valence-electron chi connectivity index (χ4n) is 3.10. The normalized spacial score (nSPS) is 19.4. The molecule has 0 unspecified atom stereocenters. The van der Waals surface area contributed by atoms with Gasteiger partial charge in [0.2, 0.25) is 0 Å². The standard InChI is InChI=1S/C21H30N2O5/c1-14-7-5-6-8-17(14)23-18(24)13-27-19(25)15-9-11-16(12-10-15)22-20(26)28-21(2,3)4/h9-12,14,17H,5-8,13H2,1-4H3,(H,22,26)(H,23,24)/t14-,17-/m0/s1. The minimum atomic E-state index is -0.593. The molecule has 1 aliphatic rings. The molecule has 1 aromatic rings. The molecule has 0 radical (unpaired) electrons. The van der Waals surface area contributed by atoms with E-state index in [9.17, 15) is 14.4 Å². The molecule has 0 spiro atoms. The molecule has 1 saturated carbocycles. The van der Waals surface area contributed by atoms with E-state index in [4.69, 9.17) is 9.47 Å². The Labute approximate surface area is 166 Å². The second kappa shape index (κ2) is 9.57. The van der Waals surface area contributed by atoms with Crippen molar-refractivity contribution in [2.45, 2.75) is 65.0 Å². The summed E-state index contributed by atoms with van der Waals surface area (Å²) in [7, 11) is 0. The number of anilines is 1. The molecule has 2 amide bonds. The van der Waals surface area contributed by atoms with Gasteiger partial charge in [-0.3, -0.25) is 10.1 Å². The zero-order valence-corrected chi connectivity index (χ0v) is 17.0. The first-order valence-electron chi connectivity index (χ1n) is 9.70. The van der Waals surface area contributed by atoms with E-state index in [0.717, 1.165) is 19.3 Å². The largest absolute Gasteiger partial charge is 0.452 e. The number of nitrogens with one attached hydrogen (secondary N) is 2. The van der Waals surface area contributed by atoms with Gasteiger partial charge in [-0.05, 0) is 63.8 Å². The second-order valence-electron chi connectivity index (χ2n) is 8.22. The Kier molecular flexibility index (Phi) is 7.43. The van der Waals surface area contributed by atoms with Crippen molar-refractivity contribution >= 4 is 23.7 Å². The number of carbonyl (C=O) groups excluding carboxylic acids is 3. The van der Waals surface area contributed by atoms with Crippen molar-refractivity contribution in [2.75, 3.05) is 11.9 Å². The van der Waals surface area contributed by atoms with Gasteiger partial charge in [-0.25, -0.2) is 9.59 Å². The summed E-state index contributed by atoms with van der Waals surface area (Å²) in [5.41, 5.74) is 0.201. The summed E-state index contributed by atoms with van der Waals surface area (Å²) in [6.45, 7) is 7.15. The lowest BCUT2D eigenvalue weighted by atomic mass is 9.86. The van der Waals surface area contributed by atoms with E-state index in [-0.39, 0.29) is 18.6 Å². The van der Waals surface area contributed by atoms with E-state index in [0.29, 0.717) is 17.2 Å². The molecule has 1 fully saturated rings. The first kappa shape index (κ1) is 21.7. The van der Waals surface area contributed by atoms with Crippen molar-refractivity contribution in [1.82, 2.24) is 5.32 Å². The van der Waals surface area contributed by atoms with Crippen molar-refractivity contribution in [1.29, 1.82) is 0 Å². The average Bonchev–Trinajstić information content (AvgIpc) is 2.60. The Balaban J connectivity index is 1.79. The Morgan fingerprint density at radius 3 is 2.32 bits per heavy atom. The number of esters is 1. The average molecular weight is 390 g/mol. The van der Waals surface area contributed by atoms with E-state index in [1.54, 1.807) is 32.9 Å². The van der Waals surface area contributed by atoms with Gasteiger partial charge >= 0.3 is 12.1 Å². The van der Waals surface area contributed by atoms with Crippen LogP contribution in [0.1, 0.15) is 63.7 Å². The number of amides is 2. The highest BCUT2D eigenvalue weighted by Gasteiger charge is 2.23. The molecule has 0 aromatic heterocycles. The Morgan fingerprint density at radius 2 is 1.71 bits per heavy atom. The molecule has 0 heterocycles. The van der Waals surface area contributed by atoms with Gasteiger partial charge in [0.1, 0.15) is 5.60 Å². The molecular formula is C21H30N2O5. The SMILES string of the molecule is C[C@H]1CCCC[C@@H]1NC(=O)COC(=O)c1ccc(NC(=O)OC(C)(C)C)cc1. The highest BCUT2D eigenvalue weighted by atomic mass is 16.6. The molecule has 0 bridgehead atoms. The van der Waals surface area contributed by atoms with Crippen molar-refractivity contribution in [3.63, 3.8) is 0 Å². The van der Waals surface area contributed by atoms with Gasteiger partial charge < -0.3 is 14.8 Å². The molecule has 154 valence electrons. The quantitative estimate of drug-likeness (QED) is 0.744. The summed E-state index contributed by atoms with van der Waals surface area (Å²) < 4.78 is 10.3. The Hall–Kier alpha value is -2.57. The van der Waals surface area contributed by atoms with Gasteiger partial charge in [-0.2, -0.15) is 0 Å². The van der Waals surface area contributed by atoms with Crippen LogP contribution in [0.15, 0.2) is 24.3 Å². The lowest BCUT2D eigenvalue weighted by Gasteiger charge is -2.29. The van der Waals surface area contributed by atoms with Crippen molar-refractivity contribution in [2.24, 2.45) is 5.92 Å². The fourth-order valence-corrected chi connectivity index (χ4v) is 3.10. The minimum Gasteiger partial charge on any atom is -0.452 e. The smallest absolute Gasteiger partial charge is 0.412 e. The van der Waals surface area contributed by atoms with Gasteiger partial charge in [0, 0.05) is 11.7 Å². The second-order valence-corrected chi connectivity index (χ2v) is 8.22. The summed E-state index contributed by atoms with van der Waals surface area (Å²) in [5.74, 6) is -0.426. The highest BCUT2D eigenvalue weighted by Crippen LogP contribution is 2.23. The van der Waals surface area contributed by atoms with E-state index < -0.39 is 17.7 Å². The maximum atomic E-state index is 12.1. The topological polar surface area (TPSA) is 93.7 Å². The molecular weight excluding hydrogens is 360 g/mol. The van der Waals surface area contributed by atoms with Gasteiger partial charge in [-0.15, -0.1) is 0 Å². The van der Waals surface area contributed by atoms with Crippen molar-refractivity contribution in [3.05, 3.63) is 29.8 Å². The molecule has 1 aromatic carbocycles. The van der Waals surface area contributed by atoms with Crippen molar-refractivity contribution < 1.29 is 23.9 Å². The number of benzene rings is 1. The molecule has 28 heavy (non-hydrogen) atoms. The number of carbonyl (C=O) groups is 3. The van der Waals surface area contributed by atoms with Crippen LogP contribution in [-0.2, 0) is 14.3 Å². The summed E-state index contributed by atoms with van der Waals surface area (Å²) in [4.78, 5) is 35.9. The van der Waals surface area contributed by atoms with Crippen LogP contribution in [0, 0.1) is 5.92 Å². The zero-order chi connectivity index (χ0) is 20.7. The van der Waals surface area contributed by atoms with E-state index in [2.05, 4.69) is 17.6 Å². The molecule has 1 aliphatic carbocycles. The van der Waals surface area contributed by atoms with Crippen LogP contribution >= 0.6 is 0 Å². The molecule has 2 atom stereocenters. The minimum absolute atomic E-state index is 0.151. The van der Waals surface area contributed by atoms with Crippen molar-refractivity contribution in [3.8, 4) is 0 Å². The Bertz CT molecular complexity index is 694. The first-order chi connectivity index (χ1) is 13.1. The molecule has 0 aliphatic heterocycles. The highest BCUT2D eigenvalue weighted by molar-refractivity contribution is 5.92. The first-order valence-corrected chi connectivity index (χ1v) is 9.70. The molecule has 7 nitrogen and oxygen atoms in total. The van der Waals surface area contributed by atoms with Gasteiger partial charge in [0.05, 0.1) is 5.56 Å². The predicted octanol–water partition coefficient (Wildman–Crippen LogP) is 3.89. The van der Waals surface area contributed by atoms with Gasteiger partial charge in [0.25, 0.3) is 5.91 Å². The monoisotopic (exact) mass is 390 g/mol. The van der Waals surface area contributed by atoms with Crippen LogP contribution in [0.2, 0.25) is 0 Å². The third-order valence-corrected chi connectivity index (χ3v) is 4.56. The van der Waals surface area contributed by atoms with E-state index in [1.165, 1.54) is 18.6 Å². The lowest BCUT2D eigenvalue weighted by molar-refractivity contribution is -0.125. The summed E-state index contributed by atoms with van der Waals surface area (Å²) >= 11 is 0. The predicted molar refractivity (Wildman–Crippen MR) is 106 cm³/mol. The molecule has 2 N–H and O–H groups in total. The molecule has 2 rings (SSSR count). The maximum Gasteiger partial charge on any atom is 0.412 e. The summed E-state index contributed by atoms with van der Waals surface area (Å²) in [6.07, 6.45) is 3.80. The van der Waals surface area contributed by atoms with E-state index in [1.807, 2.05) is 0 Å². The Morgan fingerprint density at radius 1 is 1.07 bits per heavy atom. The third kappa shape index (κ3) is 7.21. The molecule has 0 saturated heterocycles. The van der Waals surface area contributed by atoms with Crippen LogP contribution in [0.4, 0.5) is 10.5 Å². The number of rotatable bonds is 5. The number of hydrogen-bond donors (Lipinski definition) is 2. The fraction of sp³-hybridized carbons (Fsp3) is 0.571. The van der Waals surface area contributed by atoms with Crippen LogP contribution in [0.25, 0.3) is 0 Å². The lowest BCUT2D eigenvalue weighted by Crippen LogP contribution is -2.42. The van der Waals surface area contributed by atoms with Crippen LogP contribution in [0.5, 0.6) is 0 Å². The van der Waals surface area contributed by atoms with Crippen LogP contribution < -0.4 is 10.6 Å². The summed E-state index contributed by atoms with van der Waals surface area (Å²) in [6, 6.07) is 6.35. The zero-order valence-electron chi connectivity index (χ0n) is 17.0. The number of ether oxygens (including phenoxy) is 2. The maximum absolute atomic E-state index is 12.1. The van der Waals surface area contributed by atoms with Gasteiger partial charge in [-0.1, -0.05) is 19.8 Å².